The number of hydrogen-bond donors (Lipinski definition) is 3. The Balaban J connectivity index is 2.11. The van der Waals surface area contributed by atoms with Crippen LogP contribution in [0.2, 0.25) is 5.02 Å². The van der Waals surface area contributed by atoms with Crippen molar-refractivity contribution in [2.45, 2.75) is 6.18 Å². The lowest BCUT2D eigenvalue weighted by Crippen LogP contribution is -2.39. The third-order valence-electron chi connectivity index (χ3n) is 3.14. The fourth-order valence-electron chi connectivity index (χ4n) is 1.91. The minimum Gasteiger partial charge on any atom is -0.399 e. The van der Waals surface area contributed by atoms with E-state index in [4.69, 9.17) is 17.3 Å². The van der Waals surface area contributed by atoms with Gasteiger partial charge in [0.25, 0.3) is 5.91 Å². The molecule has 26 heavy (non-hydrogen) atoms. The Morgan fingerprint density at radius 2 is 1.58 bits per heavy atom. The maximum absolute atomic E-state index is 13.0. The molecular weight excluding hydrogens is 375 g/mol. The van der Waals surface area contributed by atoms with Crippen LogP contribution in [0.15, 0.2) is 42.5 Å². The van der Waals surface area contributed by atoms with Crippen LogP contribution in [0.5, 0.6) is 0 Å². The minimum atomic E-state index is -4.80. The standard InChI is InChI=1S/C16H11ClF3N3O3/c17-9-3-6-12(11(7-9)16(18,19)20)22-14(25)15(26)23-13(24)8-1-4-10(21)5-2-8/h1-7H,21H2,(H,22,25)(H,23,24,26). The number of carbonyl (C=O) groups is 3. The first-order valence-corrected chi connectivity index (χ1v) is 7.34. The van der Waals surface area contributed by atoms with Gasteiger partial charge in [0.15, 0.2) is 0 Å². The maximum atomic E-state index is 13.0. The number of nitrogens with two attached hydrogens (primary N) is 1. The quantitative estimate of drug-likeness (QED) is 0.546. The van der Waals surface area contributed by atoms with Crippen molar-refractivity contribution in [1.82, 2.24) is 5.32 Å². The van der Waals surface area contributed by atoms with Gasteiger partial charge in [0.2, 0.25) is 0 Å². The Kier molecular flexibility index (Phi) is 5.51. The topological polar surface area (TPSA) is 101 Å². The van der Waals surface area contributed by atoms with E-state index in [1.165, 1.54) is 24.3 Å². The van der Waals surface area contributed by atoms with Gasteiger partial charge >= 0.3 is 18.0 Å². The molecule has 0 radical (unpaired) electrons. The third-order valence-corrected chi connectivity index (χ3v) is 3.38. The van der Waals surface area contributed by atoms with Crippen LogP contribution in [-0.2, 0) is 15.8 Å². The molecule has 0 unspecified atom stereocenters. The van der Waals surface area contributed by atoms with Crippen LogP contribution < -0.4 is 16.4 Å². The van der Waals surface area contributed by atoms with Crippen LogP contribution in [0.1, 0.15) is 15.9 Å². The Hall–Kier alpha value is -3.07. The number of hydrogen-bond acceptors (Lipinski definition) is 4. The Morgan fingerprint density at radius 1 is 0.962 bits per heavy atom. The molecule has 0 atom stereocenters. The fraction of sp³-hybridized carbons (Fsp3) is 0.0625. The summed E-state index contributed by atoms with van der Waals surface area (Å²) in [5.74, 6) is -3.77. The number of alkyl halides is 3. The van der Waals surface area contributed by atoms with Gasteiger partial charge in [-0.2, -0.15) is 13.2 Å². The zero-order valence-electron chi connectivity index (χ0n) is 12.9. The van der Waals surface area contributed by atoms with Gasteiger partial charge < -0.3 is 11.1 Å². The van der Waals surface area contributed by atoms with Crippen molar-refractivity contribution in [2.24, 2.45) is 0 Å². The van der Waals surface area contributed by atoms with E-state index in [0.29, 0.717) is 11.8 Å². The molecule has 2 aromatic carbocycles. The molecule has 0 spiro atoms. The van der Waals surface area contributed by atoms with Gasteiger partial charge in [-0.15, -0.1) is 0 Å². The molecule has 0 aliphatic rings. The first-order chi connectivity index (χ1) is 12.1. The van der Waals surface area contributed by atoms with Crippen molar-refractivity contribution in [3.63, 3.8) is 0 Å². The maximum Gasteiger partial charge on any atom is 0.418 e. The number of carbonyl (C=O) groups excluding carboxylic acids is 3. The molecule has 0 bridgehead atoms. The Bertz CT molecular complexity index is 867. The second kappa shape index (κ2) is 7.44. The molecule has 0 saturated carbocycles. The lowest BCUT2D eigenvalue weighted by Gasteiger charge is -2.14. The number of halogens is 4. The minimum absolute atomic E-state index is 0.0443. The van der Waals surface area contributed by atoms with Gasteiger partial charge in [0.05, 0.1) is 11.3 Å². The molecule has 3 amide bonds. The summed E-state index contributed by atoms with van der Waals surface area (Å²) in [4.78, 5) is 35.4. The molecule has 0 heterocycles. The van der Waals surface area contributed by atoms with Crippen molar-refractivity contribution in [1.29, 1.82) is 0 Å². The summed E-state index contributed by atoms with van der Waals surface area (Å²) in [5.41, 5.74) is 3.99. The number of benzene rings is 2. The predicted molar refractivity (Wildman–Crippen MR) is 88.4 cm³/mol. The molecule has 10 heteroatoms. The highest BCUT2D eigenvalue weighted by Crippen LogP contribution is 2.36. The highest BCUT2D eigenvalue weighted by Gasteiger charge is 2.34. The van der Waals surface area contributed by atoms with E-state index in [2.05, 4.69) is 0 Å². The van der Waals surface area contributed by atoms with Crippen LogP contribution in [0.3, 0.4) is 0 Å². The molecule has 0 fully saturated rings. The molecule has 0 saturated heterocycles. The van der Waals surface area contributed by atoms with Crippen LogP contribution >= 0.6 is 11.6 Å². The fourth-order valence-corrected chi connectivity index (χ4v) is 2.08. The van der Waals surface area contributed by atoms with Gasteiger partial charge in [-0.25, -0.2) is 0 Å². The van der Waals surface area contributed by atoms with E-state index in [9.17, 15) is 27.6 Å². The van der Waals surface area contributed by atoms with Crippen molar-refractivity contribution < 1.29 is 27.6 Å². The number of anilines is 2. The van der Waals surface area contributed by atoms with Crippen molar-refractivity contribution in [2.75, 3.05) is 11.1 Å². The van der Waals surface area contributed by atoms with Gasteiger partial charge in [0, 0.05) is 16.3 Å². The number of nitrogens with one attached hydrogen (secondary N) is 2. The molecule has 2 rings (SSSR count). The third kappa shape index (κ3) is 4.73. The van der Waals surface area contributed by atoms with Crippen LogP contribution in [0.4, 0.5) is 24.5 Å². The zero-order valence-corrected chi connectivity index (χ0v) is 13.6. The molecule has 0 aliphatic carbocycles. The first-order valence-electron chi connectivity index (χ1n) is 6.97. The number of rotatable bonds is 2. The summed E-state index contributed by atoms with van der Waals surface area (Å²) < 4.78 is 38.9. The van der Waals surface area contributed by atoms with E-state index in [0.717, 1.165) is 12.1 Å². The highest BCUT2D eigenvalue weighted by molar-refractivity contribution is 6.42. The molecule has 2 aromatic rings. The zero-order chi connectivity index (χ0) is 19.5. The van der Waals surface area contributed by atoms with Crippen molar-refractivity contribution in [3.8, 4) is 0 Å². The second-order valence-electron chi connectivity index (χ2n) is 5.05. The molecule has 0 aliphatic heterocycles. The second-order valence-corrected chi connectivity index (χ2v) is 5.48. The SMILES string of the molecule is Nc1ccc(C(=O)NC(=O)C(=O)Nc2ccc(Cl)cc2C(F)(F)F)cc1. The van der Waals surface area contributed by atoms with Gasteiger partial charge in [0.1, 0.15) is 0 Å². The largest absolute Gasteiger partial charge is 0.418 e. The Labute approximate surface area is 150 Å². The van der Waals surface area contributed by atoms with Gasteiger partial charge in [-0.1, -0.05) is 11.6 Å². The van der Waals surface area contributed by atoms with Crippen molar-refractivity contribution in [3.05, 3.63) is 58.6 Å². The van der Waals surface area contributed by atoms with Gasteiger partial charge in [-0.3, -0.25) is 19.7 Å². The van der Waals surface area contributed by atoms with E-state index in [1.807, 2.05) is 5.32 Å². The highest BCUT2D eigenvalue weighted by atomic mass is 35.5. The average molecular weight is 386 g/mol. The normalized spacial score (nSPS) is 10.9. The lowest BCUT2D eigenvalue weighted by atomic mass is 10.1. The summed E-state index contributed by atoms with van der Waals surface area (Å²) in [5, 5.41) is 3.38. The molecule has 6 nitrogen and oxygen atoms in total. The molecule has 136 valence electrons. The van der Waals surface area contributed by atoms with E-state index >= 15 is 0 Å². The predicted octanol–water partition coefficient (Wildman–Crippen LogP) is 2.84. The summed E-state index contributed by atoms with van der Waals surface area (Å²) in [6.45, 7) is 0. The lowest BCUT2D eigenvalue weighted by molar-refractivity contribution is -0.138. The summed E-state index contributed by atoms with van der Waals surface area (Å²) in [6, 6.07) is 8.07. The molecular formula is C16H11ClF3N3O3. The van der Waals surface area contributed by atoms with Crippen LogP contribution in [0.25, 0.3) is 0 Å². The smallest absolute Gasteiger partial charge is 0.399 e. The van der Waals surface area contributed by atoms with Crippen LogP contribution in [0, 0.1) is 0 Å². The number of amides is 3. The average Bonchev–Trinajstić information content (AvgIpc) is 2.56. The summed E-state index contributed by atoms with van der Waals surface area (Å²) in [7, 11) is 0. The number of nitrogen functional groups attached to an aromatic ring is 1. The first kappa shape index (κ1) is 19.3. The summed E-state index contributed by atoms with van der Waals surface area (Å²) >= 11 is 5.52. The van der Waals surface area contributed by atoms with E-state index in [1.54, 1.807) is 5.32 Å². The summed E-state index contributed by atoms with van der Waals surface area (Å²) in [6.07, 6.45) is -4.80. The molecule has 4 N–H and O–H groups in total. The van der Waals surface area contributed by atoms with Crippen molar-refractivity contribution >= 4 is 40.7 Å². The Morgan fingerprint density at radius 3 is 2.15 bits per heavy atom. The van der Waals surface area contributed by atoms with E-state index < -0.39 is 35.1 Å². The number of imide groups is 1. The van der Waals surface area contributed by atoms with E-state index in [-0.39, 0.29) is 10.6 Å². The molecule has 0 aromatic heterocycles. The van der Waals surface area contributed by atoms with Crippen LogP contribution in [-0.4, -0.2) is 17.7 Å². The monoisotopic (exact) mass is 385 g/mol. The van der Waals surface area contributed by atoms with Gasteiger partial charge in [-0.05, 0) is 42.5 Å².